The van der Waals surface area contributed by atoms with Gasteiger partial charge in [-0.2, -0.15) is 5.10 Å². The van der Waals surface area contributed by atoms with E-state index in [1.165, 1.54) is 0 Å². The molecule has 0 aliphatic carbocycles. The van der Waals surface area contributed by atoms with Crippen LogP contribution in [0, 0.1) is 0 Å². The average molecular weight is 320 g/mol. The van der Waals surface area contributed by atoms with Crippen molar-refractivity contribution in [3.05, 3.63) is 53.9 Å². The van der Waals surface area contributed by atoms with Crippen LogP contribution in [-0.2, 0) is 10.3 Å². The van der Waals surface area contributed by atoms with Gasteiger partial charge in [0, 0.05) is 29.5 Å². The molecule has 0 spiro atoms. The molecule has 122 valence electrons. The zero-order valence-corrected chi connectivity index (χ0v) is 14.1. The van der Waals surface area contributed by atoms with Crippen molar-refractivity contribution in [2.45, 2.75) is 38.6 Å². The van der Waals surface area contributed by atoms with Gasteiger partial charge in [-0.05, 0) is 44.5 Å². The summed E-state index contributed by atoms with van der Waals surface area (Å²) in [5.74, 6) is 0.870. The first-order valence-electron chi connectivity index (χ1n) is 8.16. The van der Waals surface area contributed by atoms with E-state index in [1.54, 1.807) is 6.20 Å². The minimum Gasteiger partial charge on any atom is -0.311 e. The predicted octanol–water partition coefficient (Wildman–Crippen LogP) is 3.66. The maximum atomic E-state index is 12.3. The van der Waals surface area contributed by atoms with Gasteiger partial charge in [0.1, 0.15) is 5.82 Å². The quantitative estimate of drug-likeness (QED) is 0.744. The maximum Gasteiger partial charge on any atom is 0.226 e. The Morgan fingerprint density at radius 3 is 2.88 bits per heavy atom. The van der Waals surface area contributed by atoms with E-state index in [2.05, 4.69) is 48.3 Å². The average Bonchev–Trinajstić information content (AvgIpc) is 2.97. The number of carbonyl (C=O) groups excluding carboxylic acids is 1. The Balaban J connectivity index is 1.84. The van der Waals surface area contributed by atoms with Crippen LogP contribution in [0.15, 0.2) is 42.7 Å². The summed E-state index contributed by atoms with van der Waals surface area (Å²) in [6, 6.07) is 10.2. The maximum absolute atomic E-state index is 12.3. The molecule has 1 atom stereocenters. The summed E-state index contributed by atoms with van der Waals surface area (Å²) in [6.45, 7) is 6.24. The monoisotopic (exact) mass is 320 g/mol. The third-order valence-electron chi connectivity index (χ3n) is 4.49. The van der Waals surface area contributed by atoms with Crippen LogP contribution in [0.1, 0.15) is 44.2 Å². The molecule has 2 aromatic heterocycles. The van der Waals surface area contributed by atoms with E-state index >= 15 is 0 Å². The van der Waals surface area contributed by atoms with Gasteiger partial charge >= 0.3 is 0 Å². The SMILES string of the molecule is CC(C)(C)n1ncc2c1NC(=O)CC2c1ccc2ncccc2c1. The minimum atomic E-state index is -0.184. The van der Waals surface area contributed by atoms with Crippen LogP contribution in [-0.4, -0.2) is 20.7 Å². The first-order valence-corrected chi connectivity index (χ1v) is 8.16. The van der Waals surface area contributed by atoms with Crippen molar-refractivity contribution in [3.63, 3.8) is 0 Å². The van der Waals surface area contributed by atoms with Gasteiger partial charge in [0.15, 0.2) is 0 Å². The van der Waals surface area contributed by atoms with Crippen molar-refractivity contribution in [2.75, 3.05) is 5.32 Å². The highest BCUT2D eigenvalue weighted by atomic mass is 16.1. The highest BCUT2D eigenvalue weighted by molar-refractivity contribution is 5.94. The van der Waals surface area contributed by atoms with Crippen LogP contribution in [0.4, 0.5) is 5.82 Å². The van der Waals surface area contributed by atoms with E-state index in [4.69, 9.17) is 0 Å². The van der Waals surface area contributed by atoms with E-state index < -0.39 is 0 Å². The first-order chi connectivity index (χ1) is 11.4. The topological polar surface area (TPSA) is 59.8 Å². The lowest BCUT2D eigenvalue weighted by atomic mass is 9.86. The molecule has 0 bridgehead atoms. The Hall–Kier alpha value is -2.69. The smallest absolute Gasteiger partial charge is 0.226 e. The molecule has 1 aliphatic rings. The Labute approximate surface area is 140 Å². The molecule has 5 heteroatoms. The van der Waals surface area contributed by atoms with Gasteiger partial charge < -0.3 is 5.32 Å². The lowest BCUT2D eigenvalue weighted by molar-refractivity contribution is -0.116. The van der Waals surface area contributed by atoms with E-state index in [9.17, 15) is 4.79 Å². The minimum absolute atomic E-state index is 0.0226. The first kappa shape index (κ1) is 14.9. The lowest BCUT2D eigenvalue weighted by Crippen LogP contribution is -2.30. The zero-order chi connectivity index (χ0) is 16.9. The number of fused-ring (bicyclic) bond motifs is 2. The second-order valence-corrected chi connectivity index (χ2v) is 7.29. The van der Waals surface area contributed by atoms with E-state index in [0.717, 1.165) is 27.8 Å². The van der Waals surface area contributed by atoms with Gasteiger partial charge in [-0.3, -0.25) is 9.78 Å². The van der Waals surface area contributed by atoms with Crippen LogP contribution in [0.5, 0.6) is 0 Å². The van der Waals surface area contributed by atoms with Gasteiger partial charge in [-0.1, -0.05) is 12.1 Å². The highest BCUT2D eigenvalue weighted by Crippen LogP contribution is 2.39. The van der Waals surface area contributed by atoms with Crippen molar-refractivity contribution in [1.29, 1.82) is 0 Å². The molecule has 0 saturated carbocycles. The van der Waals surface area contributed by atoms with E-state index in [-0.39, 0.29) is 17.4 Å². The predicted molar refractivity (Wildman–Crippen MR) is 94.1 cm³/mol. The number of nitrogens with zero attached hydrogens (tertiary/aromatic N) is 3. The third-order valence-corrected chi connectivity index (χ3v) is 4.49. The molecule has 0 radical (unpaired) electrons. The lowest BCUT2D eigenvalue weighted by Gasteiger charge is -2.28. The zero-order valence-electron chi connectivity index (χ0n) is 14.1. The van der Waals surface area contributed by atoms with Gasteiger partial charge in [-0.25, -0.2) is 4.68 Å². The number of pyridine rings is 1. The van der Waals surface area contributed by atoms with Crippen LogP contribution < -0.4 is 5.32 Å². The number of nitrogens with one attached hydrogen (secondary N) is 1. The second-order valence-electron chi connectivity index (χ2n) is 7.29. The Morgan fingerprint density at radius 2 is 2.08 bits per heavy atom. The molecule has 5 nitrogen and oxygen atoms in total. The summed E-state index contributed by atoms with van der Waals surface area (Å²) >= 11 is 0. The molecule has 0 fully saturated rings. The summed E-state index contributed by atoms with van der Waals surface area (Å²) in [5, 5.41) is 8.62. The Morgan fingerprint density at radius 1 is 1.25 bits per heavy atom. The fraction of sp³-hybridized carbons (Fsp3) is 0.316. The van der Waals surface area contributed by atoms with Crippen LogP contribution in [0.25, 0.3) is 10.9 Å². The largest absolute Gasteiger partial charge is 0.311 e. The van der Waals surface area contributed by atoms with Gasteiger partial charge in [-0.15, -0.1) is 0 Å². The van der Waals surface area contributed by atoms with Crippen molar-refractivity contribution in [1.82, 2.24) is 14.8 Å². The summed E-state index contributed by atoms with van der Waals surface area (Å²) < 4.78 is 1.90. The molecule has 1 amide bonds. The van der Waals surface area contributed by atoms with Crippen LogP contribution in [0.3, 0.4) is 0 Å². The van der Waals surface area contributed by atoms with Crippen molar-refractivity contribution >= 4 is 22.6 Å². The van der Waals surface area contributed by atoms with Crippen molar-refractivity contribution < 1.29 is 4.79 Å². The second kappa shape index (κ2) is 5.16. The van der Waals surface area contributed by atoms with Crippen LogP contribution in [0.2, 0.25) is 0 Å². The molecule has 1 N–H and O–H groups in total. The van der Waals surface area contributed by atoms with Gasteiger partial charge in [0.2, 0.25) is 5.91 Å². The highest BCUT2D eigenvalue weighted by Gasteiger charge is 2.32. The molecule has 3 aromatic rings. The van der Waals surface area contributed by atoms with Gasteiger partial charge in [0.25, 0.3) is 0 Å². The Bertz CT molecular complexity index is 936. The van der Waals surface area contributed by atoms with Crippen molar-refractivity contribution in [3.8, 4) is 0 Å². The number of anilines is 1. The third kappa shape index (κ3) is 2.37. The number of hydrogen-bond acceptors (Lipinski definition) is 3. The normalized spacial score (nSPS) is 17.6. The molecular formula is C19H20N4O. The molecular weight excluding hydrogens is 300 g/mol. The molecule has 1 unspecified atom stereocenters. The van der Waals surface area contributed by atoms with E-state index in [0.29, 0.717) is 6.42 Å². The molecule has 3 heterocycles. The molecule has 24 heavy (non-hydrogen) atoms. The van der Waals surface area contributed by atoms with E-state index in [1.807, 2.05) is 29.1 Å². The molecule has 0 saturated heterocycles. The summed E-state index contributed by atoms with van der Waals surface area (Å²) in [4.78, 5) is 16.7. The number of carbonyl (C=O) groups is 1. The fourth-order valence-electron chi connectivity index (χ4n) is 3.34. The van der Waals surface area contributed by atoms with Crippen molar-refractivity contribution in [2.24, 2.45) is 0 Å². The number of rotatable bonds is 1. The number of hydrogen-bond donors (Lipinski definition) is 1. The summed E-state index contributed by atoms with van der Waals surface area (Å²) in [7, 11) is 0. The van der Waals surface area contributed by atoms with Gasteiger partial charge in [0.05, 0.1) is 17.3 Å². The number of aromatic nitrogens is 3. The molecule has 1 aliphatic heterocycles. The number of amides is 1. The summed E-state index contributed by atoms with van der Waals surface area (Å²) in [5.41, 5.74) is 2.98. The number of benzene rings is 1. The molecule has 1 aromatic carbocycles. The Kier molecular flexibility index (Phi) is 3.20. The summed E-state index contributed by atoms with van der Waals surface area (Å²) in [6.07, 6.45) is 4.12. The van der Waals surface area contributed by atoms with Crippen LogP contribution >= 0.6 is 0 Å². The standard InChI is InChI=1S/C19H20N4O/c1-19(2,3)23-18-15(11-21-23)14(10-17(24)22-18)12-6-7-16-13(9-12)5-4-8-20-16/h4-9,11,14H,10H2,1-3H3,(H,22,24). The fourth-order valence-corrected chi connectivity index (χ4v) is 3.34. The molecule has 4 rings (SSSR count).